The lowest BCUT2D eigenvalue weighted by Gasteiger charge is -2.17. The predicted octanol–water partition coefficient (Wildman–Crippen LogP) is 2.43. The van der Waals surface area contributed by atoms with E-state index in [1.807, 2.05) is 44.2 Å². The highest BCUT2D eigenvalue weighted by Gasteiger charge is 2.23. The van der Waals surface area contributed by atoms with Gasteiger partial charge in [-0.2, -0.15) is 5.48 Å². The van der Waals surface area contributed by atoms with Crippen LogP contribution in [0.25, 0.3) is 0 Å². The second kappa shape index (κ2) is 8.97. The van der Waals surface area contributed by atoms with Gasteiger partial charge >= 0.3 is 12.1 Å². The molecule has 6 heteroatoms. The van der Waals surface area contributed by atoms with Crippen LogP contribution in [0.4, 0.5) is 4.79 Å². The van der Waals surface area contributed by atoms with Gasteiger partial charge in [0.05, 0.1) is 7.11 Å². The number of methoxy groups -OCH3 is 1. The van der Waals surface area contributed by atoms with Crippen molar-refractivity contribution in [2.45, 2.75) is 33.0 Å². The van der Waals surface area contributed by atoms with Gasteiger partial charge in [0.25, 0.3) is 0 Å². The molecule has 116 valence electrons. The molecule has 1 atom stereocenters. The van der Waals surface area contributed by atoms with Crippen molar-refractivity contribution in [1.82, 2.24) is 5.48 Å². The summed E-state index contributed by atoms with van der Waals surface area (Å²) in [5.74, 6) is -0.316. The largest absolute Gasteiger partial charge is 0.467 e. The Morgan fingerprint density at radius 1 is 1.19 bits per heavy atom. The molecule has 0 fully saturated rings. The third-order valence-electron chi connectivity index (χ3n) is 2.65. The van der Waals surface area contributed by atoms with Crippen LogP contribution >= 0.6 is 0 Å². The number of rotatable bonds is 7. The molecule has 0 unspecified atom stereocenters. The van der Waals surface area contributed by atoms with E-state index in [0.29, 0.717) is 6.42 Å². The van der Waals surface area contributed by atoms with E-state index in [1.165, 1.54) is 7.11 Å². The second-order valence-corrected chi connectivity index (χ2v) is 4.92. The van der Waals surface area contributed by atoms with Crippen LogP contribution in [0.1, 0.15) is 25.8 Å². The van der Waals surface area contributed by atoms with E-state index in [4.69, 9.17) is 9.57 Å². The number of amides is 1. The van der Waals surface area contributed by atoms with Gasteiger partial charge in [-0.05, 0) is 17.9 Å². The van der Waals surface area contributed by atoms with Crippen LogP contribution in [-0.2, 0) is 25.7 Å². The zero-order chi connectivity index (χ0) is 15.7. The standard InChI is InChI=1S/C15H21NO5/c1-11(2)9-13(14(17)19-3)21-16-15(18)20-10-12-7-5-4-6-8-12/h4-8,11,13H,9-10H2,1-3H3,(H,16,18)/t13-/m1/s1. The Hall–Kier alpha value is -2.08. The third kappa shape index (κ3) is 6.76. The van der Waals surface area contributed by atoms with E-state index in [9.17, 15) is 9.59 Å². The number of nitrogens with one attached hydrogen (secondary N) is 1. The highest BCUT2D eigenvalue weighted by molar-refractivity contribution is 5.75. The van der Waals surface area contributed by atoms with E-state index in [0.717, 1.165) is 5.56 Å². The molecule has 21 heavy (non-hydrogen) atoms. The highest BCUT2D eigenvalue weighted by Crippen LogP contribution is 2.09. The summed E-state index contributed by atoms with van der Waals surface area (Å²) in [5, 5.41) is 0. The molecule has 0 saturated heterocycles. The molecule has 0 radical (unpaired) electrons. The number of carbonyl (C=O) groups excluding carboxylic acids is 2. The van der Waals surface area contributed by atoms with Gasteiger partial charge in [-0.1, -0.05) is 44.2 Å². The SMILES string of the molecule is COC(=O)[C@@H](CC(C)C)ONC(=O)OCc1ccccc1. The fraction of sp³-hybridized carbons (Fsp3) is 0.467. The topological polar surface area (TPSA) is 73.9 Å². The molecule has 1 rings (SSSR count). The minimum Gasteiger partial charge on any atom is -0.467 e. The van der Waals surface area contributed by atoms with Gasteiger partial charge in [-0.15, -0.1) is 0 Å². The quantitative estimate of drug-likeness (QED) is 0.617. The smallest absolute Gasteiger partial charge is 0.431 e. The van der Waals surface area contributed by atoms with Crippen LogP contribution in [0, 0.1) is 5.92 Å². The summed E-state index contributed by atoms with van der Waals surface area (Å²) < 4.78 is 9.59. The molecule has 0 aliphatic heterocycles. The summed E-state index contributed by atoms with van der Waals surface area (Å²) in [6.07, 6.45) is -1.16. The van der Waals surface area contributed by atoms with E-state index in [1.54, 1.807) is 0 Å². The second-order valence-electron chi connectivity index (χ2n) is 4.92. The van der Waals surface area contributed by atoms with Gasteiger partial charge in [0.1, 0.15) is 6.61 Å². The molecule has 0 aliphatic rings. The van der Waals surface area contributed by atoms with Crippen molar-refractivity contribution >= 4 is 12.1 Å². The van der Waals surface area contributed by atoms with Gasteiger partial charge in [-0.3, -0.25) is 4.84 Å². The van der Waals surface area contributed by atoms with Gasteiger partial charge < -0.3 is 9.47 Å². The zero-order valence-electron chi connectivity index (χ0n) is 12.5. The molecule has 1 N–H and O–H groups in total. The number of carbonyl (C=O) groups is 2. The fourth-order valence-electron chi connectivity index (χ4n) is 1.62. The molecule has 0 aromatic heterocycles. The van der Waals surface area contributed by atoms with E-state index < -0.39 is 18.2 Å². The molecular formula is C15H21NO5. The molecule has 0 bridgehead atoms. The van der Waals surface area contributed by atoms with Crippen molar-refractivity contribution in [3.63, 3.8) is 0 Å². The predicted molar refractivity (Wildman–Crippen MR) is 76.1 cm³/mol. The van der Waals surface area contributed by atoms with Crippen LogP contribution in [0.2, 0.25) is 0 Å². The number of benzene rings is 1. The Bertz CT molecular complexity index is 447. The minimum atomic E-state index is -0.848. The lowest BCUT2D eigenvalue weighted by atomic mass is 10.1. The van der Waals surface area contributed by atoms with Crippen molar-refractivity contribution in [3.8, 4) is 0 Å². The Morgan fingerprint density at radius 2 is 1.86 bits per heavy atom. The molecule has 0 aliphatic carbocycles. The van der Waals surface area contributed by atoms with E-state index >= 15 is 0 Å². The number of ether oxygens (including phenoxy) is 2. The molecule has 1 amide bonds. The molecule has 0 saturated carbocycles. The maximum absolute atomic E-state index is 11.5. The van der Waals surface area contributed by atoms with Crippen molar-refractivity contribution < 1.29 is 23.9 Å². The van der Waals surface area contributed by atoms with Crippen molar-refractivity contribution in [1.29, 1.82) is 0 Å². The van der Waals surface area contributed by atoms with Crippen LogP contribution in [-0.4, -0.2) is 25.3 Å². The van der Waals surface area contributed by atoms with Crippen LogP contribution < -0.4 is 5.48 Å². The van der Waals surface area contributed by atoms with Crippen LogP contribution in [0.15, 0.2) is 30.3 Å². The monoisotopic (exact) mass is 295 g/mol. The summed E-state index contributed by atoms with van der Waals surface area (Å²) in [5.41, 5.74) is 2.97. The Labute approximate surface area is 124 Å². The number of hydrogen-bond donors (Lipinski definition) is 1. The molecule has 1 aromatic carbocycles. The first-order chi connectivity index (χ1) is 10.0. The maximum atomic E-state index is 11.5. The average Bonchev–Trinajstić information content (AvgIpc) is 2.49. The summed E-state index contributed by atoms with van der Waals surface area (Å²) in [4.78, 5) is 28.1. The van der Waals surface area contributed by atoms with Gasteiger partial charge in [-0.25, -0.2) is 9.59 Å². The Morgan fingerprint density at radius 3 is 2.43 bits per heavy atom. The lowest BCUT2D eigenvalue weighted by Crippen LogP contribution is -2.36. The zero-order valence-corrected chi connectivity index (χ0v) is 12.5. The number of esters is 1. The van der Waals surface area contributed by atoms with Crippen LogP contribution in [0.5, 0.6) is 0 Å². The van der Waals surface area contributed by atoms with E-state index in [-0.39, 0.29) is 12.5 Å². The summed E-state index contributed by atoms with van der Waals surface area (Å²) in [7, 11) is 1.27. The number of hydrogen-bond acceptors (Lipinski definition) is 5. The maximum Gasteiger partial charge on any atom is 0.431 e. The first-order valence-corrected chi connectivity index (χ1v) is 6.73. The van der Waals surface area contributed by atoms with Gasteiger partial charge in [0.2, 0.25) is 0 Å². The molecular weight excluding hydrogens is 274 g/mol. The summed E-state index contributed by atoms with van der Waals surface area (Å²) in [6.45, 7) is 4.00. The van der Waals surface area contributed by atoms with Crippen LogP contribution in [0.3, 0.4) is 0 Å². The summed E-state index contributed by atoms with van der Waals surface area (Å²) >= 11 is 0. The summed E-state index contributed by atoms with van der Waals surface area (Å²) in [6, 6.07) is 9.25. The highest BCUT2D eigenvalue weighted by atomic mass is 16.7. The van der Waals surface area contributed by atoms with Crippen molar-refractivity contribution in [3.05, 3.63) is 35.9 Å². The molecule has 0 heterocycles. The molecule has 6 nitrogen and oxygen atoms in total. The number of hydroxylamine groups is 1. The third-order valence-corrected chi connectivity index (χ3v) is 2.65. The Kier molecular flexibility index (Phi) is 7.25. The molecule has 1 aromatic rings. The van der Waals surface area contributed by atoms with E-state index in [2.05, 4.69) is 10.2 Å². The van der Waals surface area contributed by atoms with Gasteiger partial charge in [0, 0.05) is 0 Å². The van der Waals surface area contributed by atoms with Gasteiger partial charge in [0.15, 0.2) is 6.10 Å². The molecule has 0 spiro atoms. The van der Waals surface area contributed by atoms with Crippen molar-refractivity contribution in [2.75, 3.05) is 7.11 Å². The normalized spacial score (nSPS) is 11.8. The minimum absolute atomic E-state index is 0.128. The van der Waals surface area contributed by atoms with Crippen molar-refractivity contribution in [2.24, 2.45) is 5.92 Å². The fourth-order valence-corrected chi connectivity index (χ4v) is 1.62. The Balaban J connectivity index is 2.37. The first-order valence-electron chi connectivity index (χ1n) is 6.73. The average molecular weight is 295 g/mol. The first kappa shape index (κ1) is 17.0. The lowest BCUT2D eigenvalue weighted by molar-refractivity contribution is -0.159.